The molecule has 2 amide bonds. The van der Waals surface area contributed by atoms with E-state index in [0.717, 1.165) is 37.1 Å². The second-order valence-electron chi connectivity index (χ2n) is 6.50. The molecular weight excluding hydrogens is 304 g/mol. The molecule has 0 atom stereocenters. The van der Waals surface area contributed by atoms with Crippen LogP contribution < -0.4 is 5.32 Å². The molecule has 0 unspecified atom stereocenters. The minimum absolute atomic E-state index is 0.0240. The predicted molar refractivity (Wildman–Crippen MR) is 93.7 cm³/mol. The van der Waals surface area contributed by atoms with E-state index in [1.165, 1.54) is 6.42 Å². The van der Waals surface area contributed by atoms with Gasteiger partial charge in [0.2, 0.25) is 5.91 Å². The third kappa shape index (κ3) is 5.96. The first-order valence-electron chi connectivity index (χ1n) is 8.83. The fraction of sp³-hybridized carbons (Fsp3) is 0.579. The van der Waals surface area contributed by atoms with Gasteiger partial charge < -0.3 is 15.0 Å². The van der Waals surface area contributed by atoms with Gasteiger partial charge in [-0.15, -0.1) is 0 Å². The van der Waals surface area contributed by atoms with Crippen molar-refractivity contribution in [3.8, 4) is 0 Å². The Labute approximate surface area is 144 Å². The zero-order valence-corrected chi connectivity index (χ0v) is 14.7. The molecule has 1 aliphatic rings. The van der Waals surface area contributed by atoms with Gasteiger partial charge in [-0.1, -0.05) is 12.1 Å². The molecule has 1 heterocycles. The summed E-state index contributed by atoms with van der Waals surface area (Å²) in [7, 11) is 0. The van der Waals surface area contributed by atoms with Crippen LogP contribution in [0.5, 0.6) is 0 Å². The second-order valence-corrected chi connectivity index (χ2v) is 6.50. The summed E-state index contributed by atoms with van der Waals surface area (Å²) in [5.41, 5.74) is 1.71. The maximum atomic E-state index is 12.4. The number of carbonyl (C=O) groups excluding carboxylic acids is 2. The molecular formula is C19H28N2O3. The Balaban J connectivity index is 1.77. The number of piperidine rings is 1. The third-order valence-corrected chi connectivity index (χ3v) is 4.11. The quantitative estimate of drug-likeness (QED) is 0.835. The van der Waals surface area contributed by atoms with Gasteiger partial charge in [0, 0.05) is 31.6 Å². The van der Waals surface area contributed by atoms with E-state index in [1.807, 2.05) is 43.0 Å². The first kappa shape index (κ1) is 18.5. The second kappa shape index (κ2) is 9.42. The molecule has 5 heteroatoms. The van der Waals surface area contributed by atoms with Gasteiger partial charge in [0.25, 0.3) is 5.91 Å². The van der Waals surface area contributed by atoms with Crippen LogP contribution in [0.4, 0.5) is 0 Å². The Bertz CT molecular complexity index is 534. The van der Waals surface area contributed by atoms with E-state index in [-0.39, 0.29) is 17.9 Å². The van der Waals surface area contributed by atoms with Crippen molar-refractivity contribution in [2.24, 2.45) is 0 Å². The van der Waals surface area contributed by atoms with Gasteiger partial charge in [0.1, 0.15) is 0 Å². The Hall–Kier alpha value is -1.88. The van der Waals surface area contributed by atoms with Crippen LogP contribution in [-0.4, -0.2) is 42.5 Å². The molecule has 1 aromatic carbocycles. The van der Waals surface area contributed by atoms with Crippen molar-refractivity contribution in [1.82, 2.24) is 10.2 Å². The zero-order valence-electron chi connectivity index (χ0n) is 14.7. The summed E-state index contributed by atoms with van der Waals surface area (Å²) in [6.07, 6.45) is 3.91. The van der Waals surface area contributed by atoms with E-state index in [9.17, 15) is 9.59 Å². The van der Waals surface area contributed by atoms with Gasteiger partial charge in [-0.25, -0.2) is 0 Å². The van der Waals surface area contributed by atoms with Crippen molar-refractivity contribution < 1.29 is 14.3 Å². The Morgan fingerprint density at radius 1 is 1.12 bits per heavy atom. The van der Waals surface area contributed by atoms with E-state index < -0.39 is 0 Å². The molecule has 1 fully saturated rings. The first-order chi connectivity index (χ1) is 11.6. The number of hydrogen-bond acceptors (Lipinski definition) is 3. The molecule has 0 aromatic heterocycles. The van der Waals surface area contributed by atoms with Crippen LogP contribution >= 0.6 is 0 Å². The fourth-order valence-corrected chi connectivity index (χ4v) is 2.72. The Morgan fingerprint density at radius 3 is 2.42 bits per heavy atom. The summed E-state index contributed by atoms with van der Waals surface area (Å²) >= 11 is 0. The van der Waals surface area contributed by atoms with Gasteiger partial charge in [0.05, 0.1) is 12.7 Å². The maximum absolute atomic E-state index is 12.4. The molecule has 1 aromatic rings. The number of benzene rings is 1. The molecule has 2 rings (SSSR count). The minimum Gasteiger partial charge on any atom is -0.378 e. The first-order valence-corrected chi connectivity index (χ1v) is 8.83. The molecule has 0 bridgehead atoms. The average molecular weight is 332 g/mol. The molecule has 1 saturated heterocycles. The van der Waals surface area contributed by atoms with Gasteiger partial charge in [0.15, 0.2) is 0 Å². The van der Waals surface area contributed by atoms with E-state index in [1.54, 1.807) is 0 Å². The van der Waals surface area contributed by atoms with Crippen LogP contribution in [-0.2, 0) is 16.1 Å². The summed E-state index contributed by atoms with van der Waals surface area (Å²) < 4.78 is 5.36. The van der Waals surface area contributed by atoms with Crippen LogP contribution in [0.1, 0.15) is 55.5 Å². The van der Waals surface area contributed by atoms with Gasteiger partial charge in [-0.2, -0.15) is 0 Å². The van der Waals surface area contributed by atoms with Crippen molar-refractivity contribution in [1.29, 1.82) is 0 Å². The highest BCUT2D eigenvalue weighted by atomic mass is 16.5. The van der Waals surface area contributed by atoms with Gasteiger partial charge >= 0.3 is 0 Å². The molecule has 1 aliphatic heterocycles. The highest BCUT2D eigenvalue weighted by molar-refractivity contribution is 5.94. The van der Waals surface area contributed by atoms with E-state index in [2.05, 4.69) is 5.32 Å². The van der Waals surface area contributed by atoms with Crippen LogP contribution in [0.3, 0.4) is 0 Å². The van der Waals surface area contributed by atoms with Crippen molar-refractivity contribution in [2.75, 3.05) is 19.7 Å². The Morgan fingerprint density at radius 2 is 1.79 bits per heavy atom. The normalized spacial score (nSPS) is 14.7. The summed E-state index contributed by atoms with van der Waals surface area (Å²) in [5, 5.41) is 2.87. The number of nitrogens with one attached hydrogen (secondary N) is 1. The van der Waals surface area contributed by atoms with Crippen LogP contribution in [0.2, 0.25) is 0 Å². The molecule has 0 aliphatic carbocycles. The number of rotatable bonds is 7. The molecule has 132 valence electrons. The van der Waals surface area contributed by atoms with Gasteiger partial charge in [-0.05, 0) is 50.8 Å². The lowest BCUT2D eigenvalue weighted by Gasteiger charge is -2.26. The summed E-state index contributed by atoms with van der Waals surface area (Å²) in [4.78, 5) is 26.0. The smallest absolute Gasteiger partial charge is 0.253 e. The third-order valence-electron chi connectivity index (χ3n) is 4.11. The van der Waals surface area contributed by atoms with Crippen LogP contribution in [0.15, 0.2) is 24.3 Å². The number of amides is 2. The molecule has 1 N–H and O–H groups in total. The van der Waals surface area contributed by atoms with E-state index in [0.29, 0.717) is 19.6 Å². The SMILES string of the molecule is CC(C)OCCC(=O)NCc1ccc(C(=O)N2CCCCC2)cc1. The molecule has 5 nitrogen and oxygen atoms in total. The summed E-state index contributed by atoms with van der Waals surface area (Å²) in [6, 6.07) is 7.50. The number of hydrogen-bond donors (Lipinski definition) is 1. The van der Waals surface area contributed by atoms with Crippen molar-refractivity contribution in [3.05, 3.63) is 35.4 Å². The van der Waals surface area contributed by atoms with Crippen molar-refractivity contribution >= 4 is 11.8 Å². The highest BCUT2D eigenvalue weighted by Crippen LogP contribution is 2.13. The zero-order chi connectivity index (χ0) is 17.4. The Kier molecular flexibility index (Phi) is 7.25. The summed E-state index contributed by atoms with van der Waals surface area (Å²) in [5.74, 6) is 0.0836. The fourth-order valence-electron chi connectivity index (χ4n) is 2.72. The number of nitrogens with zero attached hydrogens (tertiary/aromatic N) is 1. The van der Waals surface area contributed by atoms with E-state index >= 15 is 0 Å². The standard InChI is InChI=1S/C19H28N2O3/c1-15(2)24-13-10-18(22)20-14-16-6-8-17(9-7-16)19(23)21-11-4-3-5-12-21/h6-9,15H,3-5,10-14H2,1-2H3,(H,20,22). The van der Waals surface area contributed by atoms with E-state index in [4.69, 9.17) is 4.74 Å². The maximum Gasteiger partial charge on any atom is 0.253 e. The van der Waals surface area contributed by atoms with Crippen molar-refractivity contribution in [2.45, 2.75) is 52.2 Å². The van der Waals surface area contributed by atoms with Crippen molar-refractivity contribution in [3.63, 3.8) is 0 Å². The molecule has 0 radical (unpaired) electrons. The largest absolute Gasteiger partial charge is 0.378 e. The lowest BCUT2D eigenvalue weighted by molar-refractivity contribution is -0.122. The lowest BCUT2D eigenvalue weighted by atomic mass is 10.1. The highest BCUT2D eigenvalue weighted by Gasteiger charge is 2.17. The van der Waals surface area contributed by atoms with Crippen LogP contribution in [0, 0.1) is 0 Å². The van der Waals surface area contributed by atoms with Crippen LogP contribution in [0.25, 0.3) is 0 Å². The summed E-state index contributed by atoms with van der Waals surface area (Å²) in [6.45, 7) is 6.52. The molecule has 24 heavy (non-hydrogen) atoms. The predicted octanol–water partition coefficient (Wildman–Crippen LogP) is 2.74. The number of likely N-dealkylation sites (tertiary alicyclic amines) is 1. The van der Waals surface area contributed by atoms with Gasteiger partial charge in [-0.3, -0.25) is 9.59 Å². The monoisotopic (exact) mass is 332 g/mol. The molecule has 0 saturated carbocycles. The average Bonchev–Trinajstić information content (AvgIpc) is 2.60. The topological polar surface area (TPSA) is 58.6 Å². The lowest BCUT2D eigenvalue weighted by Crippen LogP contribution is -2.35. The molecule has 0 spiro atoms. The number of carbonyl (C=O) groups is 2. The minimum atomic E-state index is -0.0240. The number of ether oxygens (including phenoxy) is 1.